The predicted molar refractivity (Wildman–Crippen MR) is 103 cm³/mol. The number of nitrogens with one attached hydrogen (secondary N) is 1. The monoisotopic (exact) mass is 348 g/mol. The summed E-state index contributed by atoms with van der Waals surface area (Å²) in [5.41, 5.74) is 2.55. The van der Waals surface area contributed by atoms with Crippen molar-refractivity contribution in [2.75, 3.05) is 12.4 Å². The molecule has 1 heterocycles. The first-order valence-corrected chi connectivity index (χ1v) is 8.69. The normalized spacial score (nSPS) is 10.8. The van der Waals surface area contributed by atoms with E-state index in [1.807, 2.05) is 60.0 Å². The molecule has 0 aliphatic carbocycles. The van der Waals surface area contributed by atoms with Crippen molar-refractivity contribution in [2.24, 2.45) is 0 Å². The molecule has 1 aromatic heterocycles. The molecule has 0 saturated carbocycles. The summed E-state index contributed by atoms with van der Waals surface area (Å²) in [5.74, 6) is 1.03. The summed E-state index contributed by atoms with van der Waals surface area (Å²) in [7, 11) is 1.65. The Labute approximate surface area is 149 Å². The molecule has 0 aliphatic heterocycles. The van der Waals surface area contributed by atoms with Crippen molar-refractivity contribution in [3.8, 4) is 22.8 Å². The first kappa shape index (κ1) is 15.5. The van der Waals surface area contributed by atoms with Crippen molar-refractivity contribution in [1.82, 2.24) is 4.98 Å². The Morgan fingerprint density at radius 1 is 1.00 bits per heavy atom. The molecule has 3 aromatic carbocycles. The molecular formula is C20H16N2O2S. The summed E-state index contributed by atoms with van der Waals surface area (Å²) in [5, 5.41) is 18.3. The second-order valence-electron chi connectivity index (χ2n) is 5.61. The van der Waals surface area contributed by atoms with E-state index >= 15 is 0 Å². The molecule has 0 fully saturated rings. The zero-order valence-corrected chi connectivity index (χ0v) is 14.4. The average molecular weight is 348 g/mol. The van der Waals surface area contributed by atoms with Gasteiger partial charge in [0, 0.05) is 10.9 Å². The fourth-order valence-corrected chi connectivity index (χ4v) is 3.40. The minimum atomic E-state index is 0.208. The minimum absolute atomic E-state index is 0.208. The van der Waals surface area contributed by atoms with Gasteiger partial charge in [0.15, 0.2) is 5.13 Å². The van der Waals surface area contributed by atoms with Gasteiger partial charge >= 0.3 is 0 Å². The van der Waals surface area contributed by atoms with E-state index in [0.717, 1.165) is 32.9 Å². The van der Waals surface area contributed by atoms with Crippen LogP contribution in [0.3, 0.4) is 0 Å². The summed E-state index contributed by atoms with van der Waals surface area (Å²) < 4.78 is 5.18. The number of methoxy groups -OCH3 is 1. The smallest absolute Gasteiger partial charge is 0.187 e. The van der Waals surface area contributed by atoms with Crippen molar-refractivity contribution in [3.63, 3.8) is 0 Å². The average Bonchev–Trinajstić information content (AvgIpc) is 3.11. The molecular weight excluding hydrogens is 332 g/mol. The van der Waals surface area contributed by atoms with Gasteiger partial charge in [-0.1, -0.05) is 24.3 Å². The number of thiazole rings is 1. The van der Waals surface area contributed by atoms with Crippen LogP contribution in [0.15, 0.2) is 66.0 Å². The van der Waals surface area contributed by atoms with Crippen LogP contribution >= 0.6 is 11.3 Å². The van der Waals surface area contributed by atoms with Gasteiger partial charge in [0.1, 0.15) is 11.5 Å². The second kappa shape index (κ2) is 6.45. The maximum absolute atomic E-state index is 10.3. The highest BCUT2D eigenvalue weighted by atomic mass is 32.1. The molecule has 5 heteroatoms. The standard InChI is InChI=1S/C20H16N2O2S/c1-24-16-8-6-13(7-9-16)18-12-25-20(22-18)21-17-10-14-4-2-3-5-15(14)11-19(17)23/h2-12,23H,1H3,(H,21,22). The van der Waals surface area contributed by atoms with E-state index in [1.54, 1.807) is 13.2 Å². The number of phenols is 1. The van der Waals surface area contributed by atoms with Crippen LogP contribution in [0.4, 0.5) is 10.8 Å². The highest BCUT2D eigenvalue weighted by Gasteiger charge is 2.08. The molecule has 25 heavy (non-hydrogen) atoms. The third-order valence-corrected chi connectivity index (χ3v) is 4.75. The second-order valence-corrected chi connectivity index (χ2v) is 6.47. The number of rotatable bonds is 4. The molecule has 0 aliphatic rings. The lowest BCUT2D eigenvalue weighted by atomic mass is 10.1. The summed E-state index contributed by atoms with van der Waals surface area (Å²) in [6.45, 7) is 0. The van der Waals surface area contributed by atoms with Gasteiger partial charge in [-0.25, -0.2) is 4.98 Å². The van der Waals surface area contributed by atoms with Gasteiger partial charge in [0.05, 0.1) is 18.5 Å². The number of aromatic hydroxyl groups is 1. The molecule has 0 bridgehead atoms. The van der Waals surface area contributed by atoms with Crippen LogP contribution in [0, 0.1) is 0 Å². The Hall–Kier alpha value is -3.05. The summed E-state index contributed by atoms with van der Waals surface area (Å²) in [4.78, 5) is 4.61. The minimum Gasteiger partial charge on any atom is -0.506 e. The van der Waals surface area contributed by atoms with E-state index < -0.39 is 0 Å². The lowest BCUT2D eigenvalue weighted by molar-refractivity contribution is 0.415. The van der Waals surface area contributed by atoms with Gasteiger partial charge in [-0.3, -0.25) is 0 Å². The van der Waals surface area contributed by atoms with Crippen LogP contribution in [-0.4, -0.2) is 17.2 Å². The van der Waals surface area contributed by atoms with E-state index in [9.17, 15) is 5.11 Å². The van der Waals surface area contributed by atoms with Gasteiger partial charge in [-0.2, -0.15) is 0 Å². The summed E-state index contributed by atoms with van der Waals surface area (Å²) in [6.07, 6.45) is 0. The maximum atomic E-state index is 10.3. The molecule has 0 radical (unpaired) electrons. The van der Waals surface area contributed by atoms with Gasteiger partial charge in [-0.05, 0) is 47.2 Å². The Balaban J connectivity index is 1.61. The number of hydrogen-bond acceptors (Lipinski definition) is 5. The largest absolute Gasteiger partial charge is 0.506 e. The van der Waals surface area contributed by atoms with E-state index in [0.29, 0.717) is 5.69 Å². The fraction of sp³-hybridized carbons (Fsp3) is 0.0500. The Morgan fingerprint density at radius 2 is 1.72 bits per heavy atom. The van der Waals surface area contributed by atoms with E-state index in [4.69, 9.17) is 4.74 Å². The van der Waals surface area contributed by atoms with Crippen molar-refractivity contribution in [1.29, 1.82) is 0 Å². The number of aromatic nitrogens is 1. The van der Waals surface area contributed by atoms with Crippen molar-refractivity contribution < 1.29 is 9.84 Å². The van der Waals surface area contributed by atoms with E-state index in [1.165, 1.54) is 11.3 Å². The fourth-order valence-electron chi connectivity index (χ4n) is 2.67. The number of fused-ring (bicyclic) bond motifs is 1. The van der Waals surface area contributed by atoms with Gasteiger partial charge in [0.2, 0.25) is 0 Å². The Morgan fingerprint density at radius 3 is 2.44 bits per heavy atom. The molecule has 0 spiro atoms. The third-order valence-electron chi connectivity index (χ3n) is 4.00. The van der Waals surface area contributed by atoms with E-state index in [2.05, 4.69) is 10.3 Å². The van der Waals surface area contributed by atoms with Crippen LogP contribution in [0.25, 0.3) is 22.0 Å². The molecule has 4 aromatic rings. The highest BCUT2D eigenvalue weighted by Crippen LogP contribution is 2.34. The Bertz CT molecular complexity index is 1030. The quantitative estimate of drug-likeness (QED) is 0.483. The summed E-state index contributed by atoms with van der Waals surface area (Å²) >= 11 is 1.50. The molecule has 4 rings (SSSR count). The SMILES string of the molecule is COc1ccc(-c2csc(Nc3cc4ccccc4cc3O)n2)cc1. The molecule has 124 valence electrons. The van der Waals surface area contributed by atoms with Gasteiger partial charge in [0.25, 0.3) is 0 Å². The lowest BCUT2D eigenvalue weighted by Gasteiger charge is -2.07. The molecule has 2 N–H and O–H groups in total. The van der Waals surface area contributed by atoms with Crippen LogP contribution in [0.5, 0.6) is 11.5 Å². The number of ether oxygens (including phenoxy) is 1. The number of anilines is 2. The van der Waals surface area contributed by atoms with Gasteiger partial charge < -0.3 is 15.2 Å². The first-order chi connectivity index (χ1) is 12.2. The zero-order chi connectivity index (χ0) is 17.2. The number of phenolic OH excluding ortho intramolecular Hbond substituents is 1. The molecule has 0 amide bonds. The van der Waals surface area contributed by atoms with Crippen LogP contribution < -0.4 is 10.1 Å². The van der Waals surface area contributed by atoms with Crippen LogP contribution in [0.1, 0.15) is 0 Å². The van der Waals surface area contributed by atoms with Crippen molar-refractivity contribution in [2.45, 2.75) is 0 Å². The van der Waals surface area contributed by atoms with Gasteiger partial charge in [-0.15, -0.1) is 11.3 Å². The molecule has 0 atom stereocenters. The van der Waals surface area contributed by atoms with E-state index in [-0.39, 0.29) is 5.75 Å². The zero-order valence-electron chi connectivity index (χ0n) is 13.6. The van der Waals surface area contributed by atoms with Crippen molar-refractivity contribution in [3.05, 3.63) is 66.0 Å². The maximum Gasteiger partial charge on any atom is 0.187 e. The first-order valence-electron chi connectivity index (χ1n) is 7.82. The molecule has 0 unspecified atom stereocenters. The molecule has 0 saturated heterocycles. The lowest BCUT2D eigenvalue weighted by Crippen LogP contribution is -1.91. The van der Waals surface area contributed by atoms with Crippen molar-refractivity contribution >= 4 is 32.9 Å². The highest BCUT2D eigenvalue weighted by molar-refractivity contribution is 7.14. The summed E-state index contributed by atoms with van der Waals surface area (Å²) in [6, 6.07) is 19.4. The third kappa shape index (κ3) is 3.14. The number of nitrogens with zero attached hydrogens (tertiary/aromatic N) is 1. The predicted octanol–water partition coefficient (Wildman–Crippen LogP) is 5.42. The molecule has 4 nitrogen and oxygen atoms in total. The topological polar surface area (TPSA) is 54.4 Å². The Kier molecular flexibility index (Phi) is 3.99. The number of benzene rings is 3. The van der Waals surface area contributed by atoms with Crippen LogP contribution in [0.2, 0.25) is 0 Å². The number of hydrogen-bond donors (Lipinski definition) is 2. The van der Waals surface area contributed by atoms with Crippen LogP contribution in [-0.2, 0) is 0 Å².